The lowest BCUT2D eigenvalue weighted by molar-refractivity contribution is 0.0762. The summed E-state index contributed by atoms with van der Waals surface area (Å²) in [5.74, 6) is -0.130. The Morgan fingerprint density at radius 3 is 2.71 bits per heavy atom. The van der Waals surface area contributed by atoms with Crippen LogP contribution in [0.3, 0.4) is 0 Å². The molecule has 28 heavy (non-hydrogen) atoms. The van der Waals surface area contributed by atoms with Crippen molar-refractivity contribution in [2.24, 2.45) is 0 Å². The van der Waals surface area contributed by atoms with Gasteiger partial charge in [-0.25, -0.2) is 4.68 Å². The van der Waals surface area contributed by atoms with Crippen molar-refractivity contribution in [3.63, 3.8) is 0 Å². The molecule has 1 amide bonds. The van der Waals surface area contributed by atoms with Gasteiger partial charge in [0.15, 0.2) is 0 Å². The maximum Gasteiger partial charge on any atom is 0.257 e. The Hall–Kier alpha value is -3.36. The van der Waals surface area contributed by atoms with E-state index in [1.54, 1.807) is 46.1 Å². The first-order valence-corrected chi connectivity index (χ1v) is 9.11. The lowest BCUT2D eigenvalue weighted by Gasteiger charge is -2.21. The van der Waals surface area contributed by atoms with Gasteiger partial charge in [0.2, 0.25) is 0 Å². The van der Waals surface area contributed by atoms with E-state index in [0.29, 0.717) is 29.2 Å². The van der Waals surface area contributed by atoms with Gasteiger partial charge in [0.05, 0.1) is 34.8 Å². The molecule has 1 heterocycles. The molecule has 0 aliphatic rings. The summed E-state index contributed by atoms with van der Waals surface area (Å²) in [6.07, 6.45) is 3.27. The number of carbonyl (C=O) groups is 1. The third-order valence-corrected chi connectivity index (χ3v) is 4.62. The van der Waals surface area contributed by atoms with E-state index in [9.17, 15) is 4.79 Å². The third-order valence-electron chi connectivity index (χ3n) is 4.39. The topological polar surface area (TPSA) is 61.9 Å². The van der Waals surface area contributed by atoms with E-state index < -0.39 is 0 Å². The van der Waals surface area contributed by atoms with E-state index in [2.05, 4.69) is 17.7 Å². The number of nitriles is 1. The zero-order valence-corrected chi connectivity index (χ0v) is 16.2. The van der Waals surface area contributed by atoms with E-state index in [1.807, 2.05) is 31.2 Å². The minimum absolute atomic E-state index is 0.130. The molecule has 0 bridgehead atoms. The highest BCUT2D eigenvalue weighted by atomic mass is 35.5. The van der Waals surface area contributed by atoms with Gasteiger partial charge < -0.3 is 4.90 Å². The van der Waals surface area contributed by atoms with Crippen molar-refractivity contribution in [1.82, 2.24) is 14.7 Å². The van der Waals surface area contributed by atoms with E-state index in [0.717, 1.165) is 16.9 Å². The molecule has 6 heteroatoms. The van der Waals surface area contributed by atoms with Gasteiger partial charge in [0.25, 0.3) is 5.91 Å². The SMILES string of the molecule is C=CCN(Cc1ccc(C#N)cc1)C(=O)c1cnn(-c2cccc(Cl)c2)c1C. The van der Waals surface area contributed by atoms with Gasteiger partial charge in [-0.3, -0.25) is 4.79 Å². The van der Waals surface area contributed by atoms with Crippen LogP contribution < -0.4 is 0 Å². The van der Waals surface area contributed by atoms with E-state index in [4.69, 9.17) is 16.9 Å². The molecule has 0 N–H and O–H groups in total. The lowest BCUT2D eigenvalue weighted by atomic mass is 10.1. The van der Waals surface area contributed by atoms with Crippen molar-refractivity contribution < 1.29 is 4.79 Å². The molecular formula is C22H19ClN4O. The van der Waals surface area contributed by atoms with Crippen LogP contribution in [0.1, 0.15) is 27.2 Å². The summed E-state index contributed by atoms with van der Waals surface area (Å²) in [4.78, 5) is 14.8. The van der Waals surface area contributed by atoms with E-state index >= 15 is 0 Å². The van der Waals surface area contributed by atoms with Crippen LogP contribution in [0.25, 0.3) is 5.69 Å². The van der Waals surface area contributed by atoms with Crippen molar-refractivity contribution >= 4 is 17.5 Å². The molecule has 0 fully saturated rings. The Morgan fingerprint density at radius 1 is 1.32 bits per heavy atom. The Labute approximate surface area is 169 Å². The average Bonchev–Trinajstić information content (AvgIpc) is 3.09. The standard InChI is InChI=1S/C22H19ClN4O/c1-3-11-26(15-18-9-7-17(13-24)8-10-18)22(28)21-14-25-27(16(21)2)20-6-4-5-19(23)12-20/h3-10,12,14H,1,11,15H2,2H3. The minimum atomic E-state index is -0.130. The number of amides is 1. The Bertz CT molecular complexity index is 1050. The molecule has 0 aliphatic heterocycles. The Kier molecular flexibility index (Phi) is 5.93. The third kappa shape index (κ3) is 4.13. The molecule has 0 aliphatic carbocycles. The number of nitrogens with zero attached hydrogens (tertiary/aromatic N) is 4. The van der Waals surface area contributed by atoms with Crippen LogP contribution in [0, 0.1) is 18.3 Å². The first kappa shape index (κ1) is 19.4. The molecule has 0 atom stereocenters. The molecule has 0 radical (unpaired) electrons. The van der Waals surface area contributed by atoms with Crippen LogP contribution in [-0.4, -0.2) is 27.1 Å². The summed E-state index contributed by atoms with van der Waals surface area (Å²) >= 11 is 6.07. The van der Waals surface area contributed by atoms with Gasteiger partial charge in [-0.2, -0.15) is 10.4 Å². The Balaban J connectivity index is 1.87. The second-order valence-corrected chi connectivity index (χ2v) is 6.75. The summed E-state index contributed by atoms with van der Waals surface area (Å²) in [5.41, 5.74) is 3.58. The molecule has 0 spiro atoms. The first-order chi connectivity index (χ1) is 13.5. The lowest BCUT2D eigenvalue weighted by Crippen LogP contribution is -2.31. The van der Waals surface area contributed by atoms with Crippen molar-refractivity contribution in [2.75, 3.05) is 6.54 Å². The number of aromatic nitrogens is 2. The number of halogens is 1. The van der Waals surface area contributed by atoms with Crippen molar-refractivity contribution in [2.45, 2.75) is 13.5 Å². The quantitative estimate of drug-likeness (QED) is 0.581. The fraction of sp³-hybridized carbons (Fsp3) is 0.136. The second-order valence-electron chi connectivity index (χ2n) is 6.32. The summed E-state index contributed by atoms with van der Waals surface area (Å²) < 4.78 is 1.70. The molecule has 2 aromatic carbocycles. The zero-order chi connectivity index (χ0) is 20.1. The average molecular weight is 391 g/mol. The normalized spacial score (nSPS) is 10.3. The molecule has 0 saturated carbocycles. The molecule has 0 unspecified atom stereocenters. The van der Waals surface area contributed by atoms with Crippen LogP contribution in [0.5, 0.6) is 0 Å². The van der Waals surface area contributed by atoms with E-state index in [1.165, 1.54) is 0 Å². The first-order valence-electron chi connectivity index (χ1n) is 8.73. The summed E-state index contributed by atoms with van der Waals surface area (Å²) in [6, 6.07) is 16.6. The predicted molar refractivity (Wildman–Crippen MR) is 109 cm³/mol. The van der Waals surface area contributed by atoms with Crippen molar-refractivity contribution in [3.05, 3.63) is 94.8 Å². The van der Waals surface area contributed by atoms with Gasteiger partial charge in [-0.1, -0.05) is 35.9 Å². The number of benzene rings is 2. The summed E-state index contributed by atoms with van der Waals surface area (Å²) in [5, 5.41) is 13.9. The van der Waals surface area contributed by atoms with Crippen LogP contribution in [0.2, 0.25) is 5.02 Å². The maximum absolute atomic E-state index is 13.1. The highest BCUT2D eigenvalue weighted by molar-refractivity contribution is 6.30. The van der Waals surface area contributed by atoms with Crippen molar-refractivity contribution in [3.8, 4) is 11.8 Å². The molecule has 3 aromatic rings. The number of carbonyl (C=O) groups excluding carboxylic acids is 1. The molecular weight excluding hydrogens is 372 g/mol. The highest BCUT2D eigenvalue weighted by Crippen LogP contribution is 2.20. The number of rotatable bonds is 6. The molecule has 3 rings (SSSR count). The summed E-state index contributed by atoms with van der Waals surface area (Å²) in [7, 11) is 0. The van der Waals surface area contributed by atoms with Gasteiger partial charge in [0.1, 0.15) is 0 Å². The van der Waals surface area contributed by atoms with Crippen LogP contribution >= 0.6 is 11.6 Å². The van der Waals surface area contributed by atoms with Crippen LogP contribution in [-0.2, 0) is 6.54 Å². The second kappa shape index (κ2) is 8.55. The van der Waals surface area contributed by atoms with Gasteiger partial charge in [-0.05, 0) is 42.8 Å². The fourth-order valence-electron chi connectivity index (χ4n) is 2.94. The zero-order valence-electron chi connectivity index (χ0n) is 15.5. The smallest absolute Gasteiger partial charge is 0.257 e. The number of hydrogen-bond donors (Lipinski definition) is 0. The molecule has 5 nitrogen and oxygen atoms in total. The Morgan fingerprint density at radius 2 is 2.07 bits per heavy atom. The molecule has 0 saturated heterocycles. The monoisotopic (exact) mass is 390 g/mol. The van der Waals surface area contributed by atoms with Gasteiger partial charge in [-0.15, -0.1) is 6.58 Å². The maximum atomic E-state index is 13.1. The van der Waals surface area contributed by atoms with Crippen molar-refractivity contribution in [1.29, 1.82) is 5.26 Å². The highest BCUT2D eigenvalue weighted by Gasteiger charge is 2.21. The largest absolute Gasteiger partial charge is 0.331 e. The minimum Gasteiger partial charge on any atom is -0.331 e. The number of hydrogen-bond acceptors (Lipinski definition) is 3. The fourth-order valence-corrected chi connectivity index (χ4v) is 3.12. The molecule has 140 valence electrons. The molecule has 1 aromatic heterocycles. The van der Waals surface area contributed by atoms with Gasteiger partial charge >= 0.3 is 0 Å². The van der Waals surface area contributed by atoms with E-state index in [-0.39, 0.29) is 5.91 Å². The van der Waals surface area contributed by atoms with Crippen LogP contribution in [0.4, 0.5) is 0 Å². The van der Waals surface area contributed by atoms with Crippen LogP contribution in [0.15, 0.2) is 67.4 Å². The summed E-state index contributed by atoms with van der Waals surface area (Å²) in [6.45, 7) is 6.43. The predicted octanol–water partition coefficient (Wildman–Crippen LogP) is 4.53. The van der Waals surface area contributed by atoms with Gasteiger partial charge in [0, 0.05) is 18.1 Å².